The van der Waals surface area contributed by atoms with Crippen LogP contribution in [0, 0.1) is 0 Å². The number of likely N-dealkylation sites (N-methyl/N-ethyl adjacent to an activating group) is 1. The van der Waals surface area contributed by atoms with Gasteiger partial charge in [0.25, 0.3) is 5.91 Å². The molecule has 7 nitrogen and oxygen atoms in total. The van der Waals surface area contributed by atoms with Crippen molar-refractivity contribution in [2.75, 3.05) is 26.7 Å². The number of carbonyl (C=O) groups excluding carboxylic acids is 2. The number of nitrogens with zero attached hydrogens (tertiary/aromatic N) is 5. The zero-order valence-corrected chi connectivity index (χ0v) is 13.1. The third-order valence-electron chi connectivity index (χ3n) is 3.91. The van der Waals surface area contributed by atoms with Crippen molar-refractivity contribution < 1.29 is 9.59 Å². The van der Waals surface area contributed by atoms with Crippen LogP contribution >= 0.6 is 0 Å². The minimum absolute atomic E-state index is 0.000490. The molecular weight excluding hydrogens is 294 g/mol. The standard InChI is InChI=1S/C16H19N5O2/c1-19(12-15(22)20-8-2-3-9-20)16(23)13-5-6-14(17-11-13)21-10-4-7-18-21/h4-7,10-11H,2-3,8-9,12H2,1H3. The smallest absolute Gasteiger partial charge is 0.255 e. The number of pyridine rings is 1. The molecule has 3 heterocycles. The minimum atomic E-state index is -0.211. The number of aromatic nitrogens is 3. The number of rotatable bonds is 4. The molecular formula is C16H19N5O2. The highest BCUT2D eigenvalue weighted by atomic mass is 16.2. The van der Waals surface area contributed by atoms with Crippen LogP contribution in [-0.2, 0) is 4.79 Å². The van der Waals surface area contributed by atoms with Gasteiger partial charge in [0, 0.05) is 38.7 Å². The summed E-state index contributed by atoms with van der Waals surface area (Å²) in [5.41, 5.74) is 0.456. The summed E-state index contributed by atoms with van der Waals surface area (Å²) in [5.74, 6) is 0.430. The van der Waals surface area contributed by atoms with Crippen molar-refractivity contribution in [2.24, 2.45) is 0 Å². The van der Waals surface area contributed by atoms with E-state index in [1.807, 2.05) is 4.90 Å². The molecule has 3 rings (SSSR count). The van der Waals surface area contributed by atoms with Crippen LogP contribution in [0.25, 0.3) is 5.82 Å². The van der Waals surface area contributed by atoms with Gasteiger partial charge in [-0.3, -0.25) is 9.59 Å². The average Bonchev–Trinajstić information content (AvgIpc) is 3.27. The molecule has 1 aliphatic heterocycles. The van der Waals surface area contributed by atoms with Gasteiger partial charge in [-0.15, -0.1) is 0 Å². The Hall–Kier alpha value is -2.70. The summed E-state index contributed by atoms with van der Waals surface area (Å²) in [5, 5.41) is 4.09. The molecule has 0 saturated carbocycles. The maximum Gasteiger partial charge on any atom is 0.255 e. The van der Waals surface area contributed by atoms with Crippen LogP contribution in [0.4, 0.5) is 0 Å². The molecule has 1 fully saturated rings. The number of hydrogen-bond donors (Lipinski definition) is 0. The van der Waals surface area contributed by atoms with Gasteiger partial charge in [0.15, 0.2) is 5.82 Å². The monoisotopic (exact) mass is 313 g/mol. The Bertz CT molecular complexity index is 675. The fourth-order valence-corrected chi connectivity index (χ4v) is 2.61. The highest BCUT2D eigenvalue weighted by Crippen LogP contribution is 2.10. The summed E-state index contributed by atoms with van der Waals surface area (Å²) in [6.45, 7) is 1.68. The van der Waals surface area contributed by atoms with E-state index in [9.17, 15) is 9.59 Å². The lowest BCUT2D eigenvalue weighted by Crippen LogP contribution is -2.39. The van der Waals surface area contributed by atoms with Crippen molar-refractivity contribution in [2.45, 2.75) is 12.8 Å². The summed E-state index contributed by atoms with van der Waals surface area (Å²) in [4.78, 5) is 32.0. The van der Waals surface area contributed by atoms with Crippen LogP contribution < -0.4 is 0 Å². The summed E-state index contributed by atoms with van der Waals surface area (Å²) in [6, 6.07) is 5.23. The van der Waals surface area contributed by atoms with Crippen LogP contribution in [0.15, 0.2) is 36.8 Å². The van der Waals surface area contributed by atoms with Crippen molar-refractivity contribution in [3.63, 3.8) is 0 Å². The third kappa shape index (κ3) is 3.39. The molecule has 1 aliphatic rings. The van der Waals surface area contributed by atoms with Crippen molar-refractivity contribution in [1.29, 1.82) is 0 Å². The van der Waals surface area contributed by atoms with Gasteiger partial charge in [-0.05, 0) is 31.0 Å². The summed E-state index contributed by atoms with van der Waals surface area (Å²) in [6.07, 6.45) is 7.05. The first kappa shape index (κ1) is 15.2. The highest BCUT2D eigenvalue weighted by molar-refractivity contribution is 5.96. The van der Waals surface area contributed by atoms with E-state index in [1.165, 1.54) is 11.1 Å². The molecule has 0 unspecified atom stereocenters. The first-order valence-electron chi connectivity index (χ1n) is 7.64. The molecule has 0 N–H and O–H groups in total. The van der Waals surface area contributed by atoms with Crippen molar-refractivity contribution in [3.05, 3.63) is 42.4 Å². The van der Waals surface area contributed by atoms with Gasteiger partial charge in [0.05, 0.1) is 12.1 Å². The molecule has 0 spiro atoms. The lowest BCUT2D eigenvalue weighted by molar-refractivity contribution is -0.130. The molecule has 0 atom stereocenters. The van der Waals surface area contributed by atoms with Crippen LogP contribution in [0.1, 0.15) is 23.2 Å². The Kier molecular flexibility index (Phi) is 4.36. The van der Waals surface area contributed by atoms with Crippen molar-refractivity contribution >= 4 is 11.8 Å². The Morgan fingerprint density at radius 2 is 2.04 bits per heavy atom. The molecule has 2 aromatic rings. The van der Waals surface area contributed by atoms with Gasteiger partial charge in [-0.25, -0.2) is 9.67 Å². The molecule has 23 heavy (non-hydrogen) atoms. The second-order valence-electron chi connectivity index (χ2n) is 5.60. The predicted molar refractivity (Wildman–Crippen MR) is 84.1 cm³/mol. The summed E-state index contributed by atoms with van der Waals surface area (Å²) < 4.78 is 1.62. The van der Waals surface area contributed by atoms with E-state index in [1.54, 1.807) is 42.3 Å². The van der Waals surface area contributed by atoms with Crippen LogP contribution in [0.2, 0.25) is 0 Å². The Morgan fingerprint density at radius 3 is 2.65 bits per heavy atom. The minimum Gasteiger partial charge on any atom is -0.341 e. The van der Waals surface area contributed by atoms with Gasteiger partial charge in [-0.1, -0.05) is 0 Å². The number of amides is 2. The maximum atomic E-state index is 12.4. The largest absolute Gasteiger partial charge is 0.341 e. The van der Waals surface area contributed by atoms with E-state index in [2.05, 4.69) is 10.1 Å². The molecule has 0 aliphatic carbocycles. The fourth-order valence-electron chi connectivity index (χ4n) is 2.61. The van der Waals surface area contributed by atoms with E-state index in [4.69, 9.17) is 0 Å². The van der Waals surface area contributed by atoms with Crippen LogP contribution in [-0.4, -0.2) is 63.1 Å². The van der Waals surface area contributed by atoms with Gasteiger partial charge in [0.1, 0.15) is 0 Å². The summed E-state index contributed by atoms with van der Waals surface area (Å²) >= 11 is 0. The van der Waals surface area contributed by atoms with Gasteiger partial charge in [0.2, 0.25) is 5.91 Å². The fraction of sp³-hybridized carbons (Fsp3) is 0.375. The average molecular weight is 313 g/mol. The van der Waals surface area contributed by atoms with Crippen LogP contribution in [0.3, 0.4) is 0 Å². The van der Waals surface area contributed by atoms with Gasteiger partial charge >= 0.3 is 0 Å². The van der Waals surface area contributed by atoms with Crippen molar-refractivity contribution in [3.8, 4) is 5.82 Å². The SMILES string of the molecule is CN(CC(=O)N1CCCC1)C(=O)c1ccc(-n2cccn2)nc1. The molecule has 2 aromatic heterocycles. The first-order valence-corrected chi connectivity index (χ1v) is 7.64. The van der Waals surface area contributed by atoms with E-state index in [0.717, 1.165) is 25.9 Å². The van der Waals surface area contributed by atoms with E-state index in [-0.39, 0.29) is 18.4 Å². The number of carbonyl (C=O) groups is 2. The molecule has 2 amide bonds. The highest BCUT2D eigenvalue weighted by Gasteiger charge is 2.21. The molecule has 0 aromatic carbocycles. The topological polar surface area (TPSA) is 71.3 Å². The zero-order valence-electron chi connectivity index (χ0n) is 13.1. The van der Waals surface area contributed by atoms with Crippen LogP contribution in [0.5, 0.6) is 0 Å². The van der Waals surface area contributed by atoms with E-state index >= 15 is 0 Å². The van der Waals surface area contributed by atoms with E-state index in [0.29, 0.717) is 11.4 Å². The number of hydrogen-bond acceptors (Lipinski definition) is 4. The second kappa shape index (κ2) is 6.60. The Labute approximate surface area is 134 Å². The predicted octanol–water partition coefficient (Wildman–Crippen LogP) is 0.962. The summed E-state index contributed by atoms with van der Waals surface area (Å²) in [7, 11) is 1.64. The normalized spacial score (nSPS) is 14.0. The van der Waals surface area contributed by atoms with Gasteiger partial charge < -0.3 is 9.80 Å². The molecule has 120 valence electrons. The molecule has 7 heteroatoms. The Balaban J connectivity index is 1.63. The first-order chi connectivity index (χ1) is 11.1. The number of likely N-dealkylation sites (tertiary alicyclic amines) is 1. The van der Waals surface area contributed by atoms with Gasteiger partial charge in [-0.2, -0.15) is 5.10 Å². The Morgan fingerprint density at radius 1 is 1.26 bits per heavy atom. The maximum absolute atomic E-state index is 12.4. The zero-order chi connectivity index (χ0) is 16.2. The molecule has 0 radical (unpaired) electrons. The van der Waals surface area contributed by atoms with Crippen molar-refractivity contribution in [1.82, 2.24) is 24.6 Å². The lowest BCUT2D eigenvalue weighted by Gasteiger charge is -2.21. The lowest BCUT2D eigenvalue weighted by atomic mass is 10.2. The molecule has 1 saturated heterocycles. The third-order valence-corrected chi connectivity index (χ3v) is 3.91. The quantitative estimate of drug-likeness (QED) is 0.843. The molecule has 0 bridgehead atoms. The second-order valence-corrected chi connectivity index (χ2v) is 5.60. The van der Waals surface area contributed by atoms with E-state index < -0.39 is 0 Å².